The predicted molar refractivity (Wildman–Crippen MR) is 104 cm³/mol. The quantitative estimate of drug-likeness (QED) is 0.721. The largest absolute Gasteiger partial charge is 0.440 e. The van der Waals surface area contributed by atoms with E-state index in [2.05, 4.69) is 17.1 Å². The van der Waals surface area contributed by atoms with Crippen LogP contribution in [0.1, 0.15) is 43.4 Å². The first kappa shape index (κ1) is 18.5. The highest BCUT2D eigenvalue weighted by Crippen LogP contribution is 2.30. The van der Waals surface area contributed by atoms with Gasteiger partial charge in [0, 0.05) is 19.1 Å². The first-order valence-corrected chi connectivity index (χ1v) is 9.53. The number of hydrogen-bond acceptors (Lipinski definition) is 3. The Bertz CT molecular complexity index is 671. The summed E-state index contributed by atoms with van der Waals surface area (Å²) in [6.07, 6.45) is 3.00. The lowest BCUT2D eigenvalue weighted by Crippen LogP contribution is -2.35. The van der Waals surface area contributed by atoms with E-state index in [1.165, 1.54) is 12.8 Å². The van der Waals surface area contributed by atoms with Crippen LogP contribution in [0.2, 0.25) is 0 Å². The number of hydrogen-bond donors (Lipinski definition) is 1. The summed E-state index contributed by atoms with van der Waals surface area (Å²) in [5, 5.41) is 2.87. The lowest BCUT2D eigenvalue weighted by atomic mass is 10.1. The van der Waals surface area contributed by atoms with Gasteiger partial charge in [-0.25, -0.2) is 4.79 Å². The molecule has 1 aliphatic carbocycles. The van der Waals surface area contributed by atoms with Gasteiger partial charge in [-0.1, -0.05) is 67.6 Å². The number of alkyl carbamates (subject to hydrolysis) is 1. The third-order valence-electron chi connectivity index (χ3n) is 4.67. The Balaban J connectivity index is 1.62. The van der Waals surface area contributed by atoms with E-state index in [9.17, 15) is 4.79 Å². The topological polar surface area (TPSA) is 41.6 Å². The molecule has 3 rings (SSSR count). The second-order valence-electron chi connectivity index (χ2n) is 6.87. The molecule has 0 aliphatic heterocycles. The molecule has 138 valence electrons. The first-order valence-electron chi connectivity index (χ1n) is 9.53. The van der Waals surface area contributed by atoms with Crippen LogP contribution in [-0.4, -0.2) is 30.1 Å². The molecule has 2 aromatic carbocycles. The van der Waals surface area contributed by atoms with Crippen LogP contribution in [0, 0.1) is 0 Å². The van der Waals surface area contributed by atoms with Crippen molar-refractivity contribution in [3.05, 3.63) is 71.8 Å². The molecule has 0 heterocycles. The van der Waals surface area contributed by atoms with E-state index in [0.29, 0.717) is 12.6 Å². The molecule has 0 spiro atoms. The molecule has 4 heteroatoms. The van der Waals surface area contributed by atoms with E-state index in [-0.39, 0.29) is 12.2 Å². The van der Waals surface area contributed by atoms with E-state index >= 15 is 0 Å². The van der Waals surface area contributed by atoms with Crippen molar-refractivity contribution in [2.24, 2.45) is 0 Å². The maximum Gasteiger partial charge on any atom is 0.408 e. The molecule has 0 saturated heterocycles. The average molecular weight is 352 g/mol. The molecule has 1 atom stereocenters. The van der Waals surface area contributed by atoms with Gasteiger partial charge in [0.25, 0.3) is 0 Å². The monoisotopic (exact) mass is 352 g/mol. The van der Waals surface area contributed by atoms with Crippen LogP contribution in [0.15, 0.2) is 60.7 Å². The zero-order valence-electron chi connectivity index (χ0n) is 15.4. The maximum atomic E-state index is 12.4. The van der Waals surface area contributed by atoms with Crippen molar-refractivity contribution in [3.8, 4) is 0 Å². The van der Waals surface area contributed by atoms with E-state index < -0.39 is 0 Å². The van der Waals surface area contributed by atoms with Crippen molar-refractivity contribution in [2.75, 3.05) is 13.1 Å². The summed E-state index contributed by atoms with van der Waals surface area (Å²) in [5.41, 5.74) is 2.11. The van der Waals surface area contributed by atoms with Gasteiger partial charge in [0.05, 0.1) is 0 Å². The number of ether oxygens (including phenoxy) is 1. The fourth-order valence-corrected chi connectivity index (χ4v) is 3.18. The molecule has 1 fully saturated rings. The van der Waals surface area contributed by atoms with Crippen molar-refractivity contribution in [1.82, 2.24) is 10.2 Å². The number of carbonyl (C=O) groups is 1. The zero-order valence-corrected chi connectivity index (χ0v) is 15.4. The Labute approximate surface area is 156 Å². The standard InChI is InChI=1S/C22H28N2O2/c1-2-15-24(20-13-14-20)17-21(19-11-7-4-8-12-19)26-22(25)23-16-18-9-5-3-6-10-18/h3-12,20-21H,2,13-17H2,1H3,(H,23,25)/t21-/m1/s1. The minimum absolute atomic E-state index is 0.251. The van der Waals surface area contributed by atoms with Crippen molar-refractivity contribution < 1.29 is 9.53 Å². The van der Waals surface area contributed by atoms with E-state index in [4.69, 9.17) is 4.74 Å². The summed E-state index contributed by atoms with van der Waals surface area (Å²) in [4.78, 5) is 14.8. The summed E-state index contributed by atoms with van der Waals surface area (Å²) >= 11 is 0. The Morgan fingerprint density at radius 2 is 1.77 bits per heavy atom. The Hall–Kier alpha value is -2.33. The van der Waals surface area contributed by atoms with Crippen LogP contribution in [0.4, 0.5) is 4.79 Å². The molecule has 1 N–H and O–H groups in total. The third kappa shape index (κ3) is 5.60. The highest BCUT2D eigenvalue weighted by atomic mass is 16.6. The zero-order chi connectivity index (χ0) is 18.2. The van der Waals surface area contributed by atoms with Gasteiger partial charge in [0.1, 0.15) is 6.10 Å². The van der Waals surface area contributed by atoms with Crippen molar-refractivity contribution >= 4 is 6.09 Å². The maximum absolute atomic E-state index is 12.4. The summed E-state index contributed by atoms with van der Waals surface area (Å²) in [6, 6.07) is 20.6. The lowest BCUT2D eigenvalue weighted by molar-refractivity contribution is 0.0666. The fraction of sp³-hybridized carbons (Fsp3) is 0.409. The molecule has 0 bridgehead atoms. The lowest BCUT2D eigenvalue weighted by Gasteiger charge is -2.27. The molecule has 4 nitrogen and oxygen atoms in total. The molecule has 1 aliphatic rings. The average Bonchev–Trinajstić information content (AvgIpc) is 3.52. The fourth-order valence-electron chi connectivity index (χ4n) is 3.18. The van der Waals surface area contributed by atoms with Crippen molar-refractivity contribution in [2.45, 2.75) is 44.9 Å². The molecule has 26 heavy (non-hydrogen) atoms. The number of amides is 1. The van der Waals surface area contributed by atoms with Crippen molar-refractivity contribution in [1.29, 1.82) is 0 Å². The SMILES string of the molecule is CCCN(C[C@@H](OC(=O)NCc1ccccc1)c1ccccc1)C1CC1. The van der Waals surface area contributed by atoms with Crippen LogP contribution < -0.4 is 5.32 Å². The van der Waals surface area contributed by atoms with Crippen LogP contribution in [0.5, 0.6) is 0 Å². The number of rotatable bonds is 9. The third-order valence-corrected chi connectivity index (χ3v) is 4.67. The van der Waals surface area contributed by atoms with Crippen LogP contribution in [0.25, 0.3) is 0 Å². The number of nitrogens with zero attached hydrogens (tertiary/aromatic N) is 1. The van der Waals surface area contributed by atoms with Crippen molar-refractivity contribution in [3.63, 3.8) is 0 Å². The Kier molecular flexibility index (Phi) is 6.67. The molecule has 1 saturated carbocycles. The van der Waals surface area contributed by atoms with Crippen LogP contribution in [0.3, 0.4) is 0 Å². The van der Waals surface area contributed by atoms with Gasteiger partial charge in [-0.05, 0) is 36.9 Å². The summed E-state index contributed by atoms with van der Waals surface area (Å²) in [6.45, 7) is 4.47. The number of carbonyl (C=O) groups excluding carboxylic acids is 1. The predicted octanol–water partition coefficient (Wildman–Crippen LogP) is 4.53. The van der Waals surface area contributed by atoms with E-state index in [1.54, 1.807) is 0 Å². The summed E-state index contributed by atoms with van der Waals surface area (Å²) in [7, 11) is 0. The Morgan fingerprint density at radius 1 is 1.12 bits per heavy atom. The van der Waals surface area contributed by atoms with Gasteiger partial charge in [0.15, 0.2) is 0 Å². The minimum Gasteiger partial charge on any atom is -0.440 e. The second kappa shape index (κ2) is 9.39. The van der Waals surface area contributed by atoms with Gasteiger partial charge in [-0.3, -0.25) is 4.90 Å². The smallest absolute Gasteiger partial charge is 0.408 e. The van der Waals surface area contributed by atoms with E-state index in [1.807, 2.05) is 60.7 Å². The molecule has 0 aromatic heterocycles. The molecule has 0 unspecified atom stereocenters. The van der Waals surface area contributed by atoms with Gasteiger partial charge in [-0.2, -0.15) is 0 Å². The minimum atomic E-state index is -0.366. The van der Waals surface area contributed by atoms with Crippen LogP contribution >= 0.6 is 0 Å². The molecule has 1 amide bonds. The van der Waals surface area contributed by atoms with Crippen LogP contribution in [-0.2, 0) is 11.3 Å². The number of benzene rings is 2. The second-order valence-corrected chi connectivity index (χ2v) is 6.87. The number of nitrogens with one attached hydrogen (secondary N) is 1. The molecule has 2 aromatic rings. The highest BCUT2D eigenvalue weighted by Gasteiger charge is 2.31. The molecule has 0 radical (unpaired) electrons. The van der Waals surface area contributed by atoms with Gasteiger partial charge in [-0.15, -0.1) is 0 Å². The first-order chi connectivity index (χ1) is 12.8. The Morgan fingerprint density at radius 3 is 2.38 bits per heavy atom. The van der Waals surface area contributed by atoms with E-state index in [0.717, 1.165) is 30.6 Å². The van der Waals surface area contributed by atoms with Gasteiger partial charge >= 0.3 is 6.09 Å². The van der Waals surface area contributed by atoms with Gasteiger partial charge < -0.3 is 10.1 Å². The van der Waals surface area contributed by atoms with Gasteiger partial charge in [0.2, 0.25) is 0 Å². The summed E-state index contributed by atoms with van der Waals surface area (Å²) in [5.74, 6) is 0. The molecular formula is C22H28N2O2. The highest BCUT2D eigenvalue weighted by molar-refractivity contribution is 5.67. The normalized spacial score (nSPS) is 14.8. The molecular weight excluding hydrogens is 324 g/mol. The summed E-state index contributed by atoms with van der Waals surface area (Å²) < 4.78 is 5.82.